The molecule has 92 valence electrons. The van der Waals surface area contributed by atoms with Crippen LogP contribution in [0.4, 0.5) is 0 Å². The molecule has 0 spiro atoms. The van der Waals surface area contributed by atoms with Gasteiger partial charge in [0, 0.05) is 18.0 Å². The molecule has 0 unspecified atom stereocenters. The molecule has 1 aliphatic carbocycles. The summed E-state index contributed by atoms with van der Waals surface area (Å²) in [6.07, 6.45) is 4.35. The third-order valence-electron chi connectivity index (χ3n) is 3.41. The average molecular weight is 231 g/mol. The molecule has 0 amide bonds. The fourth-order valence-electron chi connectivity index (χ4n) is 2.25. The molecule has 1 fully saturated rings. The summed E-state index contributed by atoms with van der Waals surface area (Å²) in [7, 11) is 0. The molecule has 0 saturated heterocycles. The van der Waals surface area contributed by atoms with E-state index in [1.807, 2.05) is 30.3 Å². The van der Waals surface area contributed by atoms with E-state index in [4.69, 9.17) is 0 Å². The summed E-state index contributed by atoms with van der Waals surface area (Å²) < 4.78 is 0. The SMILES string of the molecule is CCN(CCCC(=O)c1ccccc1)C1CC1. The van der Waals surface area contributed by atoms with Crippen LogP contribution in [-0.4, -0.2) is 29.8 Å². The second-order valence-corrected chi connectivity index (χ2v) is 4.75. The molecular formula is C15H21NO. The van der Waals surface area contributed by atoms with E-state index in [0.717, 1.165) is 31.1 Å². The van der Waals surface area contributed by atoms with Crippen LogP contribution in [0, 0.1) is 0 Å². The Kier molecular flexibility index (Phi) is 4.32. The Bertz CT molecular complexity index is 356. The minimum absolute atomic E-state index is 0.275. The molecule has 2 heteroatoms. The van der Waals surface area contributed by atoms with Crippen molar-refractivity contribution < 1.29 is 4.79 Å². The van der Waals surface area contributed by atoms with E-state index < -0.39 is 0 Å². The Morgan fingerprint density at radius 3 is 2.59 bits per heavy atom. The molecule has 0 N–H and O–H groups in total. The molecule has 1 aromatic carbocycles. The predicted molar refractivity (Wildman–Crippen MR) is 70.3 cm³/mol. The highest BCUT2D eigenvalue weighted by Gasteiger charge is 2.27. The van der Waals surface area contributed by atoms with E-state index in [0.29, 0.717) is 6.42 Å². The van der Waals surface area contributed by atoms with Gasteiger partial charge in [-0.3, -0.25) is 4.79 Å². The van der Waals surface area contributed by atoms with E-state index in [2.05, 4.69) is 11.8 Å². The summed E-state index contributed by atoms with van der Waals surface area (Å²) in [5, 5.41) is 0. The van der Waals surface area contributed by atoms with Crippen LogP contribution in [0.3, 0.4) is 0 Å². The predicted octanol–water partition coefficient (Wildman–Crippen LogP) is 3.13. The van der Waals surface area contributed by atoms with Gasteiger partial charge in [0.2, 0.25) is 0 Å². The minimum Gasteiger partial charge on any atom is -0.301 e. The van der Waals surface area contributed by atoms with Gasteiger partial charge in [-0.2, -0.15) is 0 Å². The fourth-order valence-corrected chi connectivity index (χ4v) is 2.25. The Morgan fingerprint density at radius 2 is 2.00 bits per heavy atom. The molecule has 0 bridgehead atoms. The number of Topliss-reactive ketones (excluding diaryl/α,β-unsaturated/α-hetero) is 1. The van der Waals surface area contributed by atoms with E-state index >= 15 is 0 Å². The monoisotopic (exact) mass is 231 g/mol. The maximum atomic E-state index is 11.9. The van der Waals surface area contributed by atoms with Gasteiger partial charge in [-0.15, -0.1) is 0 Å². The number of nitrogens with zero attached hydrogens (tertiary/aromatic N) is 1. The van der Waals surface area contributed by atoms with Gasteiger partial charge in [-0.05, 0) is 32.4 Å². The molecule has 0 radical (unpaired) electrons. The van der Waals surface area contributed by atoms with Crippen LogP contribution < -0.4 is 0 Å². The smallest absolute Gasteiger partial charge is 0.162 e. The summed E-state index contributed by atoms with van der Waals surface area (Å²) in [5.41, 5.74) is 0.849. The van der Waals surface area contributed by atoms with Crippen molar-refractivity contribution in [1.82, 2.24) is 4.90 Å². The third kappa shape index (κ3) is 3.67. The van der Waals surface area contributed by atoms with E-state index in [-0.39, 0.29) is 5.78 Å². The number of rotatable bonds is 7. The van der Waals surface area contributed by atoms with Gasteiger partial charge in [0.05, 0.1) is 0 Å². The van der Waals surface area contributed by atoms with Gasteiger partial charge < -0.3 is 4.90 Å². The van der Waals surface area contributed by atoms with Gasteiger partial charge in [0.15, 0.2) is 5.78 Å². The lowest BCUT2D eigenvalue weighted by atomic mass is 10.1. The van der Waals surface area contributed by atoms with Crippen molar-refractivity contribution in [1.29, 1.82) is 0 Å². The molecule has 17 heavy (non-hydrogen) atoms. The van der Waals surface area contributed by atoms with Gasteiger partial charge in [-0.25, -0.2) is 0 Å². The van der Waals surface area contributed by atoms with Crippen LogP contribution in [0.25, 0.3) is 0 Å². The number of hydrogen-bond acceptors (Lipinski definition) is 2. The number of carbonyl (C=O) groups is 1. The highest BCUT2D eigenvalue weighted by Crippen LogP contribution is 2.26. The first kappa shape index (κ1) is 12.3. The molecule has 1 aromatic rings. The number of ketones is 1. The maximum absolute atomic E-state index is 11.9. The molecule has 2 nitrogen and oxygen atoms in total. The summed E-state index contributed by atoms with van der Waals surface area (Å²) in [6.45, 7) is 4.39. The van der Waals surface area contributed by atoms with Crippen LogP contribution in [0.1, 0.15) is 43.0 Å². The molecule has 2 rings (SSSR count). The van der Waals surface area contributed by atoms with Crippen LogP contribution >= 0.6 is 0 Å². The standard InChI is InChI=1S/C15H21NO/c1-2-16(14-10-11-14)12-6-9-15(17)13-7-4-3-5-8-13/h3-5,7-8,14H,2,6,9-12H2,1H3. The molecule has 1 aliphatic rings. The summed E-state index contributed by atoms with van der Waals surface area (Å²) in [6, 6.07) is 10.4. The van der Waals surface area contributed by atoms with Gasteiger partial charge >= 0.3 is 0 Å². The average Bonchev–Trinajstić information content (AvgIpc) is 3.20. The quantitative estimate of drug-likeness (QED) is 0.672. The Hall–Kier alpha value is -1.15. The lowest BCUT2D eigenvalue weighted by Crippen LogP contribution is -2.27. The molecule has 0 aliphatic heterocycles. The third-order valence-corrected chi connectivity index (χ3v) is 3.41. The van der Waals surface area contributed by atoms with Crippen LogP contribution in [-0.2, 0) is 0 Å². The first-order valence-electron chi connectivity index (χ1n) is 6.63. The molecular weight excluding hydrogens is 210 g/mol. The van der Waals surface area contributed by atoms with E-state index in [1.54, 1.807) is 0 Å². The highest BCUT2D eigenvalue weighted by molar-refractivity contribution is 5.95. The zero-order valence-corrected chi connectivity index (χ0v) is 10.6. The van der Waals surface area contributed by atoms with Crippen molar-refractivity contribution in [3.63, 3.8) is 0 Å². The number of carbonyl (C=O) groups excluding carboxylic acids is 1. The molecule has 0 aromatic heterocycles. The lowest BCUT2D eigenvalue weighted by Gasteiger charge is -2.19. The first-order chi connectivity index (χ1) is 8.31. The molecule has 1 saturated carbocycles. The normalized spacial score (nSPS) is 15.2. The van der Waals surface area contributed by atoms with E-state index in [1.165, 1.54) is 12.8 Å². The Morgan fingerprint density at radius 1 is 1.29 bits per heavy atom. The summed E-state index contributed by atoms with van der Waals surface area (Å²) in [4.78, 5) is 14.4. The summed E-state index contributed by atoms with van der Waals surface area (Å²) >= 11 is 0. The first-order valence-corrected chi connectivity index (χ1v) is 6.63. The fraction of sp³-hybridized carbons (Fsp3) is 0.533. The van der Waals surface area contributed by atoms with Crippen LogP contribution in [0.15, 0.2) is 30.3 Å². The second-order valence-electron chi connectivity index (χ2n) is 4.75. The number of benzene rings is 1. The van der Waals surface area contributed by atoms with Crippen LogP contribution in [0.2, 0.25) is 0 Å². The minimum atomic E-state index is 0.275. The maximum Gasteiger partial charge on any atom is 0.162 e. The van der Waals surface area contributed by atoms with Crippen LogP contribution in [0.5, 0.6) is 0 Å². The Balaban J connectivity index is 1.73. The Labute approximate surface area is 104 Å². The zero-order valence-electron chi connectivity index (χ0n) is 10.6. The van der Waals surface area contributed by atoms with Crippen molar-refractivity contribution in [2.75, 3.05) is 13.1 Å². The lowest BCUT2D eigenvalue weighted by molar-refractivity contribution is 0.0974. The van der Waals surface area contributed by atoms with E-state index in [9.17, 15) is 4.79 Å². The molecule has 0 atom stereocenters. The zero-order chi connectivity index (χ0) is 12.1. The highest BCUT2D eigenvalue weighted by atomic mass is 16.1. The van der Waals surface area contributed by atoms with Gasteiger partial charge in [-0.1, -0.05) is 37.3 Å². The van der Waals surface area contributed by atoms with Crippen molar-refractivity contribution in [3.05, 3.63) is 35.9 Å². The number of hydrogen-bond donors (Lipinski definition) is 0. The van der Waals surface area contributed by atoms with Crippen molar-refractivity contribution in [2.45, 2.75) is 38.6 Å². The van der Waals surface area contributed by atoms with Crippen molar-refractivity contribution in [3.8, 4) is 0 Å². The van der Waals surface area contributed by atoms with Crippen molar-refractivity contribution >= 4 is 5.78 Å². The largest absolute Gasteiger partial charge is 0.301 e. The molecule has 0 heterocycles. The second kappa shape index (κ2) is 5.97. The van der Waals surface area contributed by atoms with Gasteiger partial charge in [0.25, 0.3) is 0 Å². The summed E-state index contributed by atoms with van der Waals surface area (Å²) in [5.74, 6) is 0.275. The topological polar surface area (TPSA) is 20.3 Å². The van der Waals surface area contributed by atoms with Crippen molar-refractivity contribution in [2.24, 2.45) is 0 Å². The van der Waals surface area contributed by atoms with Gasteiger partial charge in [0.1, 0.15) is 0 Å².